The van der Waals surface area contributed by atoms with Crippen LogP contribution >= 0.6 is 0 Å². The van der Waals surface area contributed by atoms with Crippen molar-refractivity contribution in [1.82, 2.24) is 0 Å². The first-order valence-corrected chi connectivity index (χ1v) is 6.00. The van der Waals surface area contributed by atoms with Crippen molar-refractivity contribution in [3.8, 4) is 0 Å². The van der Waals surface area contributed by atoms with Gasteiger partial charge in [-0.1, -0.05) is 12.2 Å². The highest BCUT2D eigenvalue weighted by Gasteiger charge is 2.60. The number of amides is 2. The van der Waals surface area contributed by atoms with Gasteiger partial charge in [0.05, 0.1) is 23.7 Å². The maximum atomic E-state index is 11.5. The number of allylic oxidation sites excluding steroid dienone is 2. The van der Waals surface area contributed by atoms with Crippen molar-refractivity contribution < 1.29 is 29.4 Å². The molecule has 0 aliphatic heterocycles. The van der Waals surface area contributed by atoms with E-state index in [4.69, 9.17) is 11.5 Å². The smallest absolute Gasteiger partial charge is 0.308 e. The third-order valence-electron chi connectivity index (χ3n) is 4.22. The standard InChI is InChI=1S/C12H14N2O6/c13-9(15)5-3-1-2-4(6(5)10(14)16)8(12(19)20)7(3)11(17)18/h1-8H,(H2,13,15)(H2,14,16)(H,17,18)(H,19,20). The van der Waals surface area contributed by atoms with Crippen LogP contribution < -0.4 is 11.5 Å². The van der Waals surface area contributed by atoms with Gasteiger partial charge in [-0.2, -0.15) is 0 Å². The molecule has 0 spiro atoms. The van der Waals surface area contributed by atoms with Crippen LogP contribution in [0, 0.1) is 35.5 Å². The fourth-order valence-corrected chi connectivity index (χ4v) is 3.51. The number of carbonyl (C=O) groups excluding carboxylic acids is 2. The van der Waals surface area contributed by atoms with Crippen LogP contribution in [0.3, 0.4) is 0 Å². The average molecular weight is 282 g/mol. The first-order chi connectivity index (χ1) is 9.27. The topological polar surface area (TPSA) is 161 Å². The lowest BCUT2D eigenvalue weighted by molar-refractivity contribution is -0.168. The predicted octanol–water partition coefficient (Wildman–Crippen LogP) is -1.59. The Morgan fingerprint density at radius 2 is 1.00 bits per heavy atom. The molecule has 0 aromatic rings. The predicted molar refractivity (Wildman–Crippen MR) is 63.7 cm³/mol. The second-order valence-electron chi connectivity index (χ2n) is 5.12. The Morgan fingerprint density at radius 1 is 0.700 bits per heavy atom. The van der Waals surface area contributed by atoms with E-state index in [1.165, 1.54) is 12.2 Å². The Labute approximate surface area is 113 Å². The van der Waals surface area contributed by atoms with Crippen molar-refractivity contribution in [3.63, 3.8) is 0 Å². The maximum absolute atomic E-state index is 11.5. The molecule has 8 heteroatoms. The molecule has 0 saturated heterocycles. The molecule has 6 N–H and O–H groups in total. The van der Waals surface area contributed by atoms with Gasteiger partial charge < -0.3 is 21.7 Å². The summed E-state index contributed by atoms with van der Waals surface area (Å²) in [5.74, 6) is -11.0. The Balaban J connectivity index is 2.56. The summed E-state index contributed by atoms with van der Waals surface area (Å²) in [6.07, 6.45) is 2.91. The Hall–Kier alpha value is -2.38. The van der Waals surface area contributed by atoms with Crippen molar-refractivity contribution in [3.05, 3.63) is 12.2 Å². The number of carboxylic acids is 2. The van der Waals surface area contributed by atoms with E-state index in [0.717, 1.165) is 0 Å². The van der Waals surface area contributed by atoms with Crippen LogP contribution in [0.1, 0.15) is 0 Å². The van der Waals surface area contributed by atoms with Crippen LogP contribution in [0.5, 0.6) is 0 Å². The number of carboxylic acid groups (broad SMARTS) is 2. The van der Waals surface area contributed by atoms with Gasteiger partial charge in [-0.15, -0.1) is 0 Å². The normalized spacial score (nSPS) is 38.4. The maximum Gasteiger partial charge on any atom is 0.308 e. The zero-order valence-corrected chi connectivity index (χ0v) is 10.3. The van der Waals surface area contributed by atoms with Crippen LogP contribution in [0.2, 0.25) is 0 Å². The Bertz CT molecular complexity index is 442. The molecule has 6 atom stereocenters. The van der Waals surface area contributed by atoms with Gasteiger partial charge in [0.15, 0.2) is 0 Å². The first-order valence-electron chi connectivity index (χ1n) is 6.00. The van der Waals surface area contributed by atoms with Gasteiger partial charge in [0, 0.05) is 11.8 Å². The number of carbonyl (C=O) groups is 4. The number of hydrogen-bond donors (Lipinski definition) is 4. The summed E-state index contributed by atoms with van der Waals surface area (Å²) in [7, 11) is 0. The highest BCUT2D eigenvalue weighted by Crippen LogP contribution is 2.51. The molecule has 20 heavy (non-hydrogen) atoms. The number of rotatable bonds is 4. The Morgan fingerprint density at radius 3 is 1.20 bits per heavy atom. The number of fused-ring (bicyclic) bond motifs is 2. The van der Waals surface area contributed by atoms with Crippen molar-refractivity contribution in [2.75, 3.05) is 0 Å². The highest BCUT2D eigenvalue weighted by atomic mass is 16.4. The molecule has 0 aromatic carbocycles. The Kier molecular flexibility index (Phi) is 3.24. The summed E-state index contributed by atoms with van der Waals surface area (Å²) >= 11 is 0. The molecular weight excluding hydrogens is 268 g/mol. The van der Waals surface area contributed by atoms with Gasteiger partial charge in [0.1, 0.15) is 0 Å². The van der Waals surface area contributed by atoms with Crippen molar-refractivity contribution >= 4 is 23.8 Å². The SMILES string of the molecule is NC(=O)C1C2C=CC(C1C(N)=O)C(C(=O)O)C2C(=O)O. The van der Waals surface area contributed by atoms with Gasteiger partial charge in [0.2, 0.25) is 11.8 Å². The van der Waals surface area contributed by atoms with E-state index in [2.05, 4.69) is 0 Å². The van der Waals surface area contributed by atoms with E-state index in [0.29, 0.717) is 0 Å². The molecule has 8 nitrogen and oxygen atoms in total. The lowest BCUT2D eigenvalue weighted by Gasteiger charge is -2.48. The van der Waals surface area contributed by atoms with E-state index < -0.39 is 59.3 Å². The molecule has 6 unspecified atom stereocenters. The largest absolute Gasteiger partial charge is 0.481 e. The monoisotopic (exact) mass is 282 g/mol. The molecule has 3 rings (SSSR count). The summed E-state index contributed by atoms with van der Waals surface area (Å²) in [6.45, 7) is 0. The van der Waals surface area contributed by atoms with Gasteiger partial charge in [-0.3, -0.25) is 19.2 Å². The molecule has 1 fully saturated rings. The molecule has 108 valence electrons. The lowest BCUT2D eigenvalue weighted by Crippen LogP contribution is -2.59. The average Bonchev–Trinajstić information content (AvgIpc) is 2.36. The third kappa shape index (κ3) is 1.84. The zero-order chi connectivity index (χ0) is 15.2. The van der Waals surface area contributed by atoms with Crippen molar-refractivity contribution in [2.45, 2.75) is 0 Å². The number of primary amides is 2. The molecule has 0 heterocycles. The van der Waals surface area contributed by atoms with Gasteiger partial charge >= 0.3 is 11.9 Å². The van der Waals surface area contributed by atoms with E-state index in [1.807, 2.05) is 0 Å². The second kappa shape index (κ2) is 4.62. The molecular formula is C12H14N2O6. The van der Waals surface area contributed by atoms with Crippen LogP contribution in [-0.2, 0) is 19.2 Å². The number of hydrogen-bond acceptors (Lipinski definition) is 4. The van der Waals surface area contributed by atoms with Crippen molar-refractivity contribution in [1.29, 1.82) is 0 Å². The van der Waals surface area contributed by atoms with E-state index in [9.17, 15) is 29.4 Å². The van der Waals surface area contributed by atoms with E-state index in [1.54, 1.807) is 0 Å². The summed E-state index contributed by atoms with van der Waals surface area (Å²) in [6, 6.07) is 0. The quantitative estimate of drug-likeness (QED) is 0.454. The summed E-state index contributed by atoms with van der Waals surface area (Å²) < 4.78 is 0. The molecule has 1 saturated carbocycles. The minimum absolute atomic E-state index is 0.844. The van der Waals surface area contributed by atoms with Crippen molar-refractivity contribution in [2.24, 2.45) is 47.0 Å². The molecule has 2 amide bonds. The minimum Gasteiger partial charge on any atom is -0.481 e. The molecule has 0 aromatic heterocycles. The minimum atomic E-state index is -1.33. The third-order valence-corrected chi connectivity index (χ3v) is 4.22. The van der Waals surface area contributed by atoms with Gasteiger partial charge in [-0.25, -0.2) is 0 Å². The van der Waals surface area contributed by atoms with Gasteiger partial charge in [-0.05, 0) is 0 Å². The first kappa shape index (κ1) is 14.0. The van der Waals surface area contributed by atoms with Crippen LogP contribution in [0.25, 0.3) is 0 Å². The fourth-order valence-electron chi connectivity index (χ4n) is 3.51. The summed E-state index contributed by atoms with van der Waals surface area (Å²) in [5.41, 5.74) is 10.5. The second-order valence-corrected chi connectivity index (χ2v) is 5.12. The number of aliphatic carboxylic acids is 2. The molecule has 0 radical (unpaired) electrons. The van der Waals surface area contributed by atoms with Crippen LogP contribution in [-0.4, -0.2) is 34.0 Å². The van der Waals surface area contributed by atoms with E-state index >= 15 is 0 Å². The van der Waals surface area contributed by atoms with Crippen LogP contribution in [0.4, 0.5) is 0 Å². The summed E-state index contributed by atoms with van der Waals surface area (Å²) in [4.78, 5) is 45.8. The zero-order valence-electron chi connectivity index (χ0n) is 10.3. The molecule has 3 aliphatic rings. The highest BCUT2D eigenvalue weighted by molar-refractivity contribution is 5.91. The van der Waals surface area contributed by atoms with Crippen LogP contribution in [0.15, 0.2) is 12.2 Å². The lowest BCUT2D eigenvalue weighted by atomic mass is 9.52. The molecule has 3 aliphatic carbocycles. The van der Waals surface area contributed by atoms with E-state index in [-0.39, 0.29) is 0 Å². The number of nitrogens with two attached hydrogens (primary N) is 2. The van der Waals surface area contributed by atoms with Gasteiger partial charge in [0.25, 0.3) is 0 Å². The molecule has 2 bridgehead atoms. The summed E-state index contributed by atoms with van der Waals surface area (Å²) in [5, 5.41) is 18.5. The fraction of sp³-hybridized carbons (Fsp3) is 0.500.